The van der Waals surface area contributed by atoms with Crippen molar-refractivity contribution in [1.29, 1.82) is 0 Å². The summed E-state index contributed by atoms with van der Waals surface area (Å²) in [7, 11) is 0. The summed E-state index contributed by atoms with van der Waals surface area (Å²) in [6, 6.07) is 0. The molecule has 2 nitrogen and oxygen atoms in total. The Balaban J connectivity index is 1.94. The average Bonchev–Trinajstić information content (AvgIpc) is 2.60. The van der Waals surface area contributed by atoms with Crippen LogP contribution in [0.25, 0.3) is 0 Å². The molecule has 1 heterocycles. The molecule has 3 rings (SSSR count). The molecule has 2 aliphatic carbocycles. The lowest BCUT2D eigenvalue weighted by molar-refractivity contribution is -0.140. The zero-order valence-corrected chi connectivity index (χ0v) is 8.58. The van der Waals surface area contributed by atoms with Gasteiger partial charge >= 0.3 is 5.97 Å². The highest BCUT2D eigenvalue weighted by atomic mass is 16.6. The minimum absolute atomic E-state index is 0.0179. The maximum absolute atomic E-state index is 11.2. The first kappa shape index (κ1) is 8.51. The normalized spacial score (nSPS) is 40.9. The Labute approximate surface area is 84.3 Å². The van der Waals surface area contributed by atoms with Gasteiger partial charge in [0.2, 0.25) is 0 Å². The first-order valence-corrected chi connectivity index (χ1v) is 5.67. The fraction of sp³-hybridized carbons (Fsp3) is 0.750. The first-order valence-electron chi connectivity index (χ1n) is 5.67. The maximum Gasteiger partial charge on any atom is 0.306 e. The van der Waals surface area contributed by atoms with Gasteiger partial charge in [0, 0.05) is 5.92 Å². The van der Waals surface area contributed by atoms with Crippen LogP contribution in [0.4, 0.5) is 0 Å². The summed E-state index contributed by atoms with van der Waals surface area (Å²) in [6.45, 7) is 2.28. The highest BCUT2D eigenvalue weighted by Gasteiger charge is 2.45. The van der Waals surface area contributed by atoms with E-state index in [1.54, 1.807) is 5.57 Å². The Kier molecular flexibility index (Phi) is 1.73. The van der Waals surface area contributed by atoms with Gasteiger partial charge in [0.25, 0.3) is 0 Å². The largest absolute Gasteiger partial charge is 0.457 e. The van der Waals surface area contributed by atoms with Gasteiger partial charge in [0.1, 0.15) is 6.10 Å². The molecular formula is C12H16O2. The summed E-state index contributed by atoms with van der Waals surface area (Å²) in [6.07, 6.45) is 5.82. The zero-order chi connectivity index (χ0) is 9.71. The van der Waals surface area contributed by atoms with E-state index in [0.717, 1.165) is 6.42 Å². The van der Waals surface area contributed by atoms with Crippen molar-refractivity contribution >= 4 is 5.97 Å². The Morgan fingerprint density at radius 3 is 3.07 bits per heavy atom. The number of carbonyl (C=O) groups excluding carboxylic acids is 1. The Bertz CT molecular complexity index is 316. The number of rotatable bonds is 0. The number of hydrogen-bond acceptors (Lipinski definition) is 2. The molecule has 1 fully saturated rings. The van der Waals surface area contributed by atoms with Gasteiger partial charge < -0.3 is 4.74 Å². The Morgan fingerprint density at radius 2 is 2.21 bits per heavy atom. The third-order valence-corrected chi connectivity index (χ3v) is 3.99. The van der Waals surface area contributed by atoms with Crippen LogP contribution in [0.3, 0.4) is 0 Å². The van der Waals surface area contributed by atoms with E-state index >= 15 is 0 Å². The van der Waals surface area contributed by atoms with E-state index < -0.39 is 0 Å². The van der Waals surface area contributed by atoms with Gasteiger partial charge in [-0.15, -0.1) is 0 Å². The van der Waals surface area contributed by atoms with Gasteiger partial charge in [0.15, 0.2) is 0 Å². The highest BCUT2D eigenvalue weighted by Crippen LogP contribution is 2.48. The molecule has 14 heavy (non-hydrogen) atoms. The van der Waals surface area contributed by atoms with Crippen molar-refractivity contribution in [3.8, 4) is 0 Å². The summed E-state index contributed by atoms with van der Waals surface area (Å²) in [5.74, 6) is 1.16. The minimum Gasteiger partial charge on any atom is -0.457 e. The van der Waals surface area contributed by atoms with E-state index in [1.165, 1.54) is 24.8 Å². The van der Waals surface area contributed by atoms with Crippen LogP contribution in [0.5, 0.6) is 0 Å². The van der Waals surface area contributed by atoms with Crippen LogP contribution in [0.1, 0.15) is 39.0 Å². The molecule has 1 saturated heterocycles. The number of allylic oxidation sites excluding steroid dienone is 1. The predicted octanol–water partition coefficient (Wildman–Crippen LogP) is 2.44. The first-order chi connectivity index (χ1) is 6.75. The second kappa shape index (κ2) is 2.85. The van der Waals surface area contributed by atoms with Crippen molar-refractivity contribution in [2.24, 2.45) is 11.8 Å². The number of ether oxygens (including phenoxy) is 1. The molecule has 0 saturated carbocycles. The molecule has 76 valence electrons. The topological polar surface area (TPSA) is 26.3 Å². The zero-order valence-electron chi connectivity index (χ0n) is 8.58. The van der Waals surface area contributed by atoms with Crippen LogP contribution in [-0.2, 0) is 9.53 Å². The fourth-order valence-electron chi connectivity index (χ4n) is 3.39. The molecule has 0 spiro atoms. The molecule has 0 aromatic carbocycles. The Hall–Kier alpha value is -0.790. The monoisotopic (exact) mass is 192 g/mol. The van der Waals surface area contributed by atoms with Crippen molar-refractivity contribution in [3.63, 3.8) is 0 Å². The predicted molar refractivity (Wildman–Crippen MR) is 52.6 cm³/mol. The molecule has 0 bridgehead atoms. The molecule has 1 aliphatic heterocycles. The molecule has 2 heteroatoms. The molecule has 0 unspecified atom stereocenters. The summed E-state index contributed by atoms with van der Waals surface area (Å²) < 4.78 is 5.43. The smallest absolute Gasteiger partial charge is 0.306 e. The van der Waals surface area contributed by atoms with Crippen molar-refractivity contribution in [1.82, 2.24) is 0 Å². The second-order valence-corrected chi connectivity index (χ2v) is 4.93. The number of esters is 1. The van der Waals surface area contributed by atoms with E-state index in [9.17, 15) is 4.79 Å². The molecule has 0 amide bonds. The molecule has 3 atom stereocenters. The average molecular weight is 192 g/mol. The maximum atomic E-state index is 11.2. The van der Waals surface area contributed by atoms with Crippen LogP contribution >= 0.6 is 0 Å². The van der Waals surface area contributed by atoms with Crippen molar-refractivity contribution in [3.05, 3.63) is 11.1 Å². The van der Waals surface area contributed by atoms with E-state index in [1.807, 2.05) is 0 Å². The molecular weight excluding hydrogens is 176 g/mol. The SMILES string of the molecule is C[C@H]1CCCC2=C1[C@H]1OC(=O)C[C@H]1C2. The number of hydrogen-bond donors (Lipinski definition) is 0. The van der Waals surface area contributed by atoms with E-state index in [0.29, 0.717) is 18.3 Å². The molecule has 0 aromatic heterocycles. The van der Waals surface area contributed by atoms with Gasteiger partial charge in [0.05, 0.1) is 6.42 Å². The van der Waals surface area contributed by atoms with Gasteiger partial charge in [-0.25, -0.2) is 0 Å². The fourth-order valence-corrected chi connectivity index (χ4v) is 3.39. The van der Waals surface area contributed by atoms with Gasteiger partial charge in [-0.1, -0.05) is 12.5 Å². The van der Waals surface area contributed by atoms with Crippen LogP contribution in [0.15, 0.2) is 11.1 Å². The van der Waals surface area contributed by atoms with Crippen molar-refractivity contribution < 1.29 is 9.53 Å². The third-order valence-electron chi connectivity index (χ3n) is 3.99. The van der Waals surface area contributed by atoms with Crippen LogP contribution in [0, 0.1) is 11.8 Å². The number of fused-ring (bicyclic) bond motifs is 2. The summed E-state index contributed by atoms with van der Waals surface area (Å²) in [5, 5.41) is 0. The standard InChI is InChI=1S/C12H16O2/c1-7-3-2-4-8-5-9-6-10(13)14-12(9)11(7)8/h7,9,12H,2-6H2,1H3/t7-,9+,12-/m0/s1. The third kappa shape index (κ3) is 1.06. The van der Waals surface area contributed by atoms with Crippen molar-refractivity contribution in [2.75, 3.05) is 0 Å². The van der Waals surface area contributed by atoms with Crippen LogP contribution in [0.2, 0.25) is 0 Å². The lowest BCUT2D eigenvalue weighted by Crippen LogP contribution is -2.19. The molecule has 0 aromatic rings. The summed E-state index contributed by atoms with van der Waals surface area (Å²) in [4.78, 5) is 11.2. The summed E-state index contributed by atoms with van der Waals surface area (Å²) in [5.41, 5.74) is 3.11. The lowest BCUT2D eigenvalue weighted by Gasteiger charge is -2.24. The van der Waals surface area contributed by atoms with E-state index in [2.05, 4.69) is 6.92 Å². The number of carbonyl (C=O) groups is 1. The minimum atomic E-state index is 0.0179. The van der Waals surface area contributed by atoms with Gasteiger partial charge in [-0.05, 0) is 37.2 Å². The highest BCUT2D eigenvalue weighted by molar-refractivity contribution is 5.73. The second-order valence-electron chi connectivity index (χ2n) is 4.93. The Morgan fingerprint density at radius 1 is 1.36 bits per heavy atom. The van der Waals surface area contributed by atoms with Crippen molar-refractivity contribution in [2.45, 2.75) is 45.1 Å². The quantitative estimate of drug-likeness (QED) is 0.435. The van der Waals surface area contributed by atoms with Crippen LogP contribution in [-0.4, -0.2) is 12.1 Å². The molecule has 0 radical (unpaired) electrons. The molecule has 3 aliphatic rings. The van der Waals surface area contributed by atoms with Crippen LogP contribution < -0.4 is 0 Å². The van der Waals surface area contributed by atoms with Gasteiger partial charge in [-0.3, -0.25) is 4.79 Å². The molecule has 0 N–H and O–H groups in total. The summed E-state index contributed by atoms with van der Waals surface area (Å²) >= 11 is 0. The lowest BCUT2D eigenvalue weighted by atomic mass is 9.84. The van der Waals surface area contributed by atoms with Gasteiger partial charge in [-0.2, -0.15) is 0 Å². The van der Waals surface area contributed by atoms with E-state index in [4.69, 9.17) is 4.74 Å². The van der Waals surface area contributed by atoms with E-state index in [-0.39, 0.29) is 12.1 Å².